The van der Waals surface area contributed by atoms with Crippen molar-refractivity contribution in [1.82, 2.24) is 10.2 Å². The Kier molecular flexibility index (Phi) is 7.43. The highest BCUT2D eigenvalue weighted by Crippen LogP contribution is 2.44. The van der Waals surface area contributed by atoms with Gasteiger partial charge < -0.3 is 5.11 Å². The number of ketones is 1. The lowest BCUT2D eigenvalue weighted by molar-refractivity contribution is -0.132. The van der Waals surface area contributed by atoms with Crippen LogP contribution < -0.4 is 4.90 Å². The molecule has 1 saturated heterocycles. The number of halogens is 3. The number of amides is 1. The van der Waals surface area contributed by atoms with Crippen LogP contribution in [0.3, 0.4) is 0 Å². The van der Waals surface area contributed by atoms with Gasteiger partial charge in [0.05, 0.1) is 11.6 Å². The number of Topliss-reactive ketones (excluding diaryl/α,β-unsaturated/α-hetero) is 1. The third-order valence-electron chi connectivity index (χ3n) is 5.66. The fraction of sp³-hybridized carbons (Fsp3) is 0.0769. The zero-order valence-corrected chi connectivity index (χ0v) is 22.7. The predicted octanol–water partition coefficient (Wildman–Crippen LogP) is 7.01. The Bertz CT molecular complexity index is 1530. The number of carbonyl (C=O) groups is 2. The third kappa shape index (κ3) is 5.19. The van der Waals surface area contributed by atoms with E-state index in [4.69, 9.17) is 11.6 Å². The summed E-state index contributed by atoms with van der Waals surface area (Å²) in [4.78, 5) is 27.7. The van der Waals surface area contributed by atoms with Crippen molar-refractivity contribution in [2.45, 2.75) is 16.1 Å². The van der Waals surface area contributed by atoms with Crippen LogP contribution in [0.2, 0.25) is 5.02 Å². The highest BCUT2D eigenvalue weighted by Gasteiger charge is 2.48. The monoisotopic (exact) mass is 615 g/mol. The summed E-state index contributed by atoms with van der Waals surface area (Å²) in [6.07, 6.45) is 0. The van der Waals surface area contributed by atoms with Crippen molar-refractivity contribution in [2.75, 3.05) is 4.90 Å². The fourth-order valence-corrected chi connectivity index (χ4v) is 6.28. The second-order valence-electron chi connectivity index (χ2n) is 7.96. The van der Waals surface area contributed by atoms with Gasteiger partial charge in [-0.25, -0.2) is 4.39 Å². The number of thioether (sulfide) groups is 1. The predicted molar refractivity (Wildman–Crippen MR) is 146 cm³/mol. The summed E-state index contributed by atoms with van der Waals surface area (Å²) in [5.41, 5.74) is 1.62. The van der Waals surface area contributed by atoms with Crippen molar-refractivity contribution in [3.63, 3.8) is 0 Å². The smallest absolute Gasteiger partial charge is 0.301 e. The lowest BCUT2D eigenvalue weighted by atomic mass is 9.95. The summed E-state index contributed by atoms with van der Waals surface area (Å²) in [5.74, 6) is -1.98. The molecule has 1 aliphatic rings. The summed E-state index contributed by atoms with van der Waals surface area (Å²) in [6, 6.07) is 18.5. The van der Waals surface area contributed by atoms with E-state index in [-0.39, 0.29) is 16.5 Å². The molecule has 0 aliphatic carbocycles. The molecule has 37 heavy (non-hydrogen) atoms. The molecule has 2 heterocycles. The molecule has 186 valence electrons. The maximum Gasteiger partial charge on any atom is 0.301 e. The summed E-state index contributed by atoms with van der Waals surface area (Å²) in [7, 11) is 0. The Morgan fingerprint density at radius 3 is 2.46 bits per heavy atom. The molecule has 0 saturated carbocycles. The summed E-state index contributed by atoms with van der Waals surface area (Å²) >= 11 is 12.1. The number of aromatic nitrogens is 2. The van der Waals surface area contributed by atoms with Crippen LogP contribution in [0.25, 0.3) is 5.76 Å². The average molecular weight is 617 g/mol. The molecule has 0 radical (unpaired) electrons. The van der Waals surface area contributed by atoms with E-state index in [1.807, 2.05) is 18.2 Å². The van der Waals surface area contributed by atoms with Crippen LogP contribution in [0, 0.1) is 5.82 Å². The van der Waals surface area contributed by atoms with Crippen molar-refractivity contribution < 1.29 is 19.1 Å². The van der Waals surface area contributed by atoms with Gasteiger partial charge in [-0.2, -0.15) is 0 Å². The zero-order valence-electron chi connectivity index (χ0n) is 18.8. The van der Waals surface area contributed by atoms with Crippen LogP contribution in [0.5, 0.6) is 0 Å². The minimum atomic E-state index is -1.02. The second kappa shape index (κ2) is 10.7. The number of aliphatic hydroxyl groups is 1. The molecule has 1 aliphatic heterocycles. The molecule has 3 aromatic carbocycles. The van der Waals surface area contributed by atoms with E-state index in [2.05, 4.69) is 26.1 Å². The van der Waals surface area contributed by atoms with Gasteiger partial charge in [0.15, 0.2) is 4.34 Å². The van der Waals surface area contributed by atoms with Gasteiger partial charge in [-0.05, 0) is 41.5 Å². The minimum absolute atomic E-state index is 0.112. The van der Waals surface area contributed by atoms with Gasteiger partial charge >= 0.3 is 5.91 Å². The zero-order chi connectivity index (χ0) is 26.1. The highest BCUT2D eigenvalue weighted by molar-refractivity contribution is 9.10. The molecule has 6 nitrogen and oxygen atoms in total. The van der Waals surface area contributed by atoms with Crippen molar-refractivity contribution >= 4 is 73.2 Å². The van der Waals surface area contributed by atoms with Crippen LogP contribution in [0.1, 0.15) is 22.7 Å². The third-order valence-corrected chi connectivity index (χ3v) is 8.66. The molecule has 1 aromatic heterocycles. The average Bonchev–Trinajstić information content (AvgIpc) is 3.46. The Balaban J connectivity index is 1.54. The quantitative estimate of drug-likeness (QED) is 0.0825. The molecule has 0 spiro atoms. The van der Waals surface area contributed by atoms with E-state index in [9.17, 15) is 19.1 Å². The topological polar surface area (TPSA) is 83.4 Å². The molecule has 1 fully saturated rings. The first kappa shape index (κ1) is 25.6. The van der Waals surface area contributed by atoms with Gasteiger partial charge in [-0.15, -0.1) is 10.2 Å². The van der Waals surface area contributed by atoms with Gasteiger partial charge in [0, 0.05) is 20.8 Å². The van der Waals surface area contributed by atoms with E-state index >= 15 is 0 Å². The van der Waals surface area contributed by atoms with Crippen LogP contribution >= 0.6 is 50.6 Å². The fourth-order valence-electron chi connectivity index (χ4n) is 3.87. The number of hydrogen-bond acceptors (Lipinski definition) is 7. The molecule has 11 heteroatoms. The van der Waals surface area contributed by atoms with Gasteiger partial charge in [0.2, 0.25) is 5.13 Å². The first-order chi connectivity index (χ1) is 17.8. The minimum Gasteiger partial charge on any atom is -0.507 e. The molecular weight excluding hydrogens is 601 g/mol. The summed E-state index contributed by atoms with van der Waals surface area (Å²) < 4.78 is 15.1. The lowest BCUT2D eigenvalue weighted by Gasteiger charge is -2.22. The molecule has 1 unspecified atom stereocenters. The highest BCUT2D eigenvalue weighted by atomic mass is 79.9. The van der Waals surface area contributed by atoms with E-state index in [0.29, 0.717) is 26.2 Å². The standard InChI is InChI=1S/C26H16BrClFN3O3S2/c27-17-9-5-15(6-10-17)22(33)20-21(14-7-11-18(29)12-8-14)32(24(35)23(20)34)25-30-31-26(37-25)36-13-16-3-1-2-4-19(16)28/h1-12,21,33H,13H2/b22-20-. The first-order valence-electron chi connectivity index (χ1n) is 10.9. The molecule has 1 atom stereocenters. The lowest BCUT2D eigenvalue weighted by Crippen LogP contribution is -2.29. The van der Waals surface area contributed by atoms with Gasteiger partial charge in [-0.3, -0.25) is 14.5 Å². The van der Waals surface area contributed by atoms with Crippen molar-refractivity contribution in [3.05, 3.63) is 110 Å². The van der Waals surface area contributed by atoms with Gasteiger partial charge in [0.1, 0.15) is 11.6 Å². The maximum absolute atomic E-state index is 13.7. The number of rotatable bonds is 6. The SMILES string of the molecule is O=C1C(=O)N(c2nnc(SCc3ccccc3Cl)s2)C(c2ccc(F)cc2)/C1=C(/O)c1ccc(Br)cc1. The Morgan fingerprint density at radius 1 is 1.05 bits per heavy atom. The number of nitrogens with zero attached hydrogens (tertiary/aromatic N) is 3. The number of hydrogen-bond donors (Lipinski definition) is 1. The number of benzene rings is 3. The maximum atomic E-state index is 13.7. The largest absolute Gasteiger partial charge is 0.507 e. The van der Waals surface area contributed by atoms with E-state index in [1.165, 1.54) is 40.9 Å². The van der Waals surface area contributed by atoms with Gasteiger partial charge in [0.25, 0.3) is 5.78 Å². The van der Waals surface area contributed by atoms with Crippen LogP contribution in [0.4, 0.5) is 9.52 Å². The normalized spacial score (nSPS) is 16.9. The Hall–Kier alpha value is -3.05. The van der Waals surface area contributed by atoms with E-state index in [0.717, 1.165) is 21.4 Å². The number of aliphatic hydroxyl groups excluding tert-OH is 1. The van der Waals surface area contributed by atoms with Crippen molar-refractivity contribution in [1.29, 1.82) is 0 Å². The molecule has 0 bridgehead atoms. The number of carbonyl (C=O) groups excluding carboxylic acids is 2. The second-order valence-corrected chi connectivity index (χ2v) is 11.5. The summed E-state index contributed by atoms with van der Waals surface area (Å²) in [5, 5.41) is 20.3. The summed E-state index contributed by atoms with van der Waals surface area (Å²) in [6.45, 7) is 0. The molecule has 1 amide bonds. The molecular formula is C26H16BrClFN3O3S2. The van der Waals surface area contributed by atoms with Crippen molar-refractivity contribution in [3.8, 4) is 0 Å². The number of anilines is 1. The van der Waals surface area contributed by atoms with Crippen LogP contribution in [-0.2, 0) is 15.3 Å². The van der Waals surface area contributed by atoms with Gasteiger partial charge in [-0.1, -0.05) is 93.1 Å². The first-order valence-corrected chi connectivity index (χ1v) is 13.8. The van der Waals surface area contributed by atoms with E-state index < -0.39 is 23.5 Å². The van der Waals surface area contributed by atoms with Crippen molar-refractivity contribution in [2.24, 2.45) is 0 Å². The van der Waals surface area contributed by atoms with Crippen LogP contribution in [-0.4, -0.2) is 27.0 Å². The van der Waals surface area contributed by atoms with Crippen LogP contribution in [0.15, 0.2) is 87.2 Å². The Labute approximate surface area is 232 Å². The molecule has 4 aromatic rings. The molecule has 5 rings (SSSR count). The molecule has 1 N–H and O–H groups in total. The van der Waals surface area contributed by atoms with E-state index in [1.54, 1.807) is 30.3 Å². The Morgan fingerprint density at radius 2 is 1.76 bits per heavy atom.